The van der Waals surface area contributed by atoms with Gasteiger partial charge < -0.3 is 9.84 Å². The second-order valence-electron chi connectivity index (χ2n) is 8.14. The standard InChI is InChI=1S/C20H29NO3/c1-20(2,3)21-15-9-10-16(21)12-17(11-15)24-19(23)18(13-22)14-7-5-4-6-8-14/h4-8,15-18,22H,9-13H2,1-3H3. The number of piperidine rings is 1. The summed E-state index contributed by atoms with van der Waals surface area (Å²) in [5.74, 6) is -0.873. The SMILES string of the molecule is CC(C)(C)N1C2CCC1CC(OC(=O)C(CO)c1ccccc1)C2. The number of esters is 1. The molecule has 24 heavy (non-hydrogen) atoms. The van der Waals surface area contributed by atoms with Gasteiger partial charge in [-0.2, -0.15) is 0 Å². The molecule has 4 nitrogen and oxygen atoms in total. The molecule has 1 aromatic carbocycles. The summed E-state index contributed by atoms with van der Waals surface area (Å²) in [6.45, 7) is 6.59. The number of carbonyl (C=O) groups excluding carboxylic acids is 1. The highest BCUT2D eigenvalue weighted by Gasteiger charge is 2.46. The van der Waals surface area contributed by atoms with Gasteiger partial charge in [0.25, 0.3) is 0 Å². The molecule has 2 bridgehead atoms. The van der Waals surface area contributed by atoms with Crippen molar-refractivity contribution in [2.24, 2.45) is 0 Å². The Morgan fingerprint density at radius 1 is 1.21 bits per heavy atom. The van der Waals surface area contributed by atoms with E-state index < -0.39 is 5.92 Å². The minimum Gasteiger partial charge on any atom is -0.462 e. The predicted molar refractivity (Wildman–Crippen MR) is 93.8 cm³/mol. The Kier molecular flexibility index (Phi) is 4.97. The fourth-order valence-corrected chi connectivity index (χ4v) is 4.57. The van der Waals surface area contributed by atoms with Crippen LogP contribution in [0.1, 0.15) is 57.9 Å². The lowest BCUT2D eigenvalue weighted by Crippen LogP contribution is -2.54. The van der Waals surface area contributed by atoms with Crippen molar-refractivity contribution in [3.8, 4) is 0 Å². The van der Waals surface area contributed by atoms with Crippen molar-refractivity contribution in [3.63, 3.8) is 0 Å². The first-order valence-electron chi connectivity index (χ1n) is 9.05. The molecule has 2 saturated heterocycles. The van der Waals surface area contributed by atoms with Crippen LogP contribution in [0, 0.1) is 0 Å². The minimum absolute atomic E-state index is 0.0219. The summed E-state index contributed by atoms with van der Waals surface area (Å²) < 4.78 is 5.81. The maximum Gasteiger partial charge on any atom is 0.316 e. The van der Waals surface area contributed by atoms with Gasteiger partial charge in [0.15, 0.2) is 0 Å². The molecule has 2 fully saturated rings. The first-order chi connectivity index (χ1) is 11.4. The largest absolute Gasteiger partial charge is 0.462 e. The van der Waals surface area contributed by atoms with Crippen LogP contribution >= 0.6 is 0 Å². The van der Waals surface area contributed by atoms with E-state index in [1.54, 1.807) is 0 Å². The van der Waals surface area contributed by atoms with Crippen molar-refractivity contribution >= 4 is 5.97 Å². The van der Waals surface area contributed by atoms with Gasteiger partial charge in [-0.05, 0) is 39.2 Å². The Bertz CT molecular complexity index is 552. The maximum absolute atomic E-state index is 12.6. The number of carbonyl (C=O) groups is 1. The third-order valence-corrected chi connectivity index (χ3v) is 5.42. The molecule has 132 valence electrons. The van der Waals surface area contributed by atoms with Crippen molar-refractivity contribution in [1.29, 1.82) is 0 Å². The molecule has 3 atom stereocenters. The molecular formula is C20H29NO3. The van der Waals surface area contributed by atoms with Crippen LogP contribution in [0.2, 0.25) is 0 Å². The van der Waals surface area contributed by atoms with Crippen molar-refractivity contribution in [3.05, 3.63) is 35.9 Å². The lowest BCUT2D eigenvalue weighted by atomic mass is 9.92. The number of rotatable bonds is 4. The third kappa shape index (κ3) is 3.50. The monoisotopic (exact) mass is 331 g/mol. The van der Waals surface area contributed by atoms with Crippen LogP contribution in [-0.2, 0) is 9.53 Å². The van der Waals surface area contributed by atoms with E-state index in [1.165, 1.54) is 12.8 Å². The maximum atomic E-state index is 12.6. The van der Waals surface area contributed by atoms with E-state index in [4.69, 9.17) is 4.74 Å². The molecule has 1 N–H and O–H groups in total. The normalized spacial score (nSPS) is 28.6. The van der Waals surface area contributed by atoms with E-state index in [0.717, 1.165) is 18.4 Å². The average Bonchev–Trinajstić information content (AvgIpc) is 2.82. The number of benzene rings is 1. The lowest BCUT2D eigenvalue weighted by Gasteiger charge is -2.46. The fraction of sp³-hybridized carbons (Fsp3) is 0.650. The summed E-state index contributed by atoms with van der Waals surface area (Å²) in [5, 5.41) is 9.64. The average molecular weight is 331 g/mol. The predicted octanol–water partition coefficient (Wildman–Crippen LogP) is 3.10. The Balaban J connectivity index is 1.64. The summed E-state index contributed by atoms with van der Waals surface area (Å²) >= 11 is 0. The van der Waals surface area contributed by atoms with Crippen LogP contribution in [0.4, 0.5) is 0 Å². The molecule has 3 rings (SSSR count). The van der Waals surface area contributed by atoms with Gasteiger partial charge in [0.2, 0.25) is 0 Å². The molecule has 0 aromatic heterocycles. The Morgan fingerprint density at radius 3 is 2.29 bits per heavy atom. The highest BCUT2D eigenvalue weighted by molar-refractivity contribution is 5.78. The zero-order valence-electron chi connectivity index (χ0n) is 14.9. The summed E-state index contributed by atoms with van der Waals surface area (Å²) in [6, 6.07) is 10.4. The number of ether oxygens (including phenoxy) is 1. The van der Waals surface area contributed by atoms with Crippen LogP contribution in [0.5, 0.6) is 0 Å². The number of hydrogen-bond acceptors (Lipinski definition) is 4. The topological polar surface area (TPSA) is 49.8 Å². The Labute approximate surface area is 144 Å². The van der Waals surface area contributed by atoms with Crippen LogP contribution in [0.15, 0.2) is 30.3 Å². The highest BCUT2D eigenvalue weighted by Crippen LogP contribution is 2.41. The molecule has 2 aliphatic heterocycles. The van der Waals surface area contributed by atoms with E-state index in [0.29, 0.717) is 12.1 Å². The van der Waals surface area contributed by atoms with E-state index in [2.05, 4.69) is 25.7 Å². The fourth-order valence-electron chi connectivity index (χ4n) is 4.57. The van der Waals surface area contributed by atoms with E-state index in [1.807, 2.05) is 30.3 Å². The highest BCUT2D eigenvalue weighted by atomic mass is 16.5. The molecule has 0 radical (unpaired) electrons. The van der Waals surface area contributed by atoms with Gasteiger partial charge in [-0.1, -0.05) is 30.3 Å². The molecule has 4 heteroatoms. The summed E-state index contributed by atoms with van der Waals surface area (Å²) in [7, 11) is 0. The van der Waals surface area contributed by atoms with Crippen LogP contribution < -0.4 is 0 Å². The van der Waals surface area contributed by atoms with Crippen molar-refractivity contribution in [2.75, 3.05) is 6.61 Å². The number of hydrogen-bond donors (Lipinski definition) is 1. The minimum atomic E-state index is -0.579. The molecule has 0 amide bonds. The molecule has 0 saturated carbocycles. The zero-order valence-corrected chi connectivity index (χ0v) is 14.9. The summed E-state index contributed by atoms with van der Waals surface area (Å²) in [4.78, 5) is 15.2. The first kappa shape index (κ1) is 17.4. The van der Waals surface area contributed by atoms with E-state index >= 15 is 0 Å². The summed E-state index contributed by atoms with van der Waals surface area (Å²) in [6.07, 6.45) is 4.18. The lowest BCUT2D eigenvalue weighted by molar-refractivity contribution is -0.156. The molecular weight excluding hydrogens is 302 g/mol. The van der Waals surface area contributed by atoms with Gasteiger partial charge in [-0.25, -0.2) is 0 Å². The second kappa shape index (κ2) is 6.85. The van der Waals surface area contributed by atoms with Gasteiger partial charge in [0.05, 0.1) is 6.61 Å². The number of nitrogens with zero attached hydrogens (tertiary/aromatic N) is 1. The smallest absolute Gasteiger partial charge is 0.316 e. The van der Waals surface area contributed by atoms with Crippen molar-refractivity contribution < 1.29 is 14.6 Å². The Hall–Kier alpha value is -1.39. The number of aliphatic hydroxyl groups excluding tert-OH is 1. The molecule has 2 aliphatic rings. The zero-order chi connectivity index (χ0) is 17.3. The van der Waals surface area contributed by atoms with Crippen LogP contribution in [-0.4, -0.2) is 46.3 Å². The first-order valence-corrected chi connectivity index (χ1v) is 9.05. The number of aliphatic hydroxyl groups is 1. The second-order valence-corrected chi connectivity index (χ2v) is 8.14. The molecule has 3 unspecified atom stereocenters. The summed E-state index contributed by atoms with van der Waals surface area (Å²) in [5.41, 5.74) is 0.985. The van der Waals surface area contributed by atoms with Gasteiger partial charge in [-0.15, -0.1) is 0 Å². The molecule has 0 spiro atoms. The quantitative estimate of drug-likeness (QED) is 0.862. The Morgan fingerprint density at radius 2 is 1.79 bits per heavy atom. The van der Waals surface area contributed by atoms with Crippen LogP contribution in [0.25, 0.3) is 0 Å². The third-order valence-electron chi connectivity index (χ3n) is 5.42. The van der Waals surface area contributed by atoms with E-state index in [9.17, 15) is 9.90 Å². The van der Waals surface area contributed by atoms with Crippen molar-refractivity contribution in [1.82, 2.24) is 4.90 Å². The van der Waals surface area contributed by atoms with Gasteiger partial charge in [0.1, 0.15) is 12.0 Å². The van der Waals surface area contributed by atoms with Gasteiger partial charge in [0, 0.05) is 30.5 Å². The number of fused-ring (bicyclic) bond motifs is 2. The molecule has 0 aliphatic carbocycles. The molecule has 2 heterocycles. The van der Waals surface area contributed by atoms with E-state index in [-0.39, 0.29) is 24.2 Å². The van der Waals surface area contributed by atoms with Crippen molar-refractivity contribution in [2.45, 2.75) is 76.1 Å². The van der Waals surface area contributed by atoms with Crippen LogP contribution in [0.3, 0.4) is 0 Å². The van der Waals surface area contributed by atoms with Gasteiger partial charge in [-0.3, -0.25) is 9.69 Å². The molecule has 1 aromatic rings. The van der Waals surface area contributed by atoms with Gasteiger partial charge >= 0.3 is 5.97 Å².